The molecule has 0 saturated heterocycles. The fraction of sp³-hybridized carbons (Fsp3) is 0.833. The van der Waals surface area contributed by atoms with Crippen LogP contribution in [0.4, 0.5) is 0 Å². The number of ketones is 1. The fourth-order valence-electron chi connectivity index (χ4n) is 2.59. The van der Waals surface area contributed by atoms with Crippen molar-refractivity contribution < 1.29 is 19.8 Å². The second-order valence-electron chi connectivity index (χ2n) is 4.72. The van der Waals surface area contributed by atoms with Crippen molar-refractivity contribution in [2.75, 3.05) is 0 Å². The van der Waals surface area contributed by atoms with Crippen LogP contribution in [-0.4, -0.2) is 27.6 Å². The maximum Gasteiger partial charge on any atom is 0.310 e. The van der Waals surface area contributed by atoms with E-state index in [1.165, 1.54) is 0 Å². The van der Waals surface area contributed by atoms with Crippen LogP contribution < -0.4 is 0 Å². The molecular weight excluding hydrogens is 208 g/mol. The van der Waals surface area contributed by atoms with Crippen LogP contribution in [0, 0.1) is 5.92 Å². The smallest absolute Gasteiger partial charge is 0.310 e. The zero-order valence-electron chi connectivity index (χ0n) is 9.74. The molecule has 1 fully saturated rings. The van der Waals surface area contributed by atoms with Gasteiger partial charge in [-0.25, -0.2) is 0 Å². The van der Waals surface area contributed by atoms with Crippen molar-refractivity contribution in [3.63, 3.8) is 0 Å². The molecule has 0 aliphatic heterocycles. The summed E-state index contributed by atoms with van der Waals surface area (Å²) in [4.78, 5) is 21.8. The van der Waals surface area contributed by atoms with Crippen LogP contribution in [0.1, 0.15) is 51.9 Å². The summed E-state index contributed by atoms with van der Waals surface area (Å²) in [5.74, 6) is -1.33. The first kappa shape index (κ1) is 13.2. The van der Waals surface area contributed by atoms with Gasteiger partial charge in [0.05, 0.1) is 5.60 Å². The molecule has 0 aromatic rings. The normalized spacial score (nSPS) is 20.6. The van der Waals surface area contributed by atoms with Gasteiger partial charge in [-0.1, -0.05) is 19.8 Å². The summed E-state index contributed by atoms with van der Waals surface area (Å²) in [6, 6.07) is 0. The highest BCUT2D eigenvalue weighted by atomic mass is 16.4. The Morgan fingerprint density at radius 2 is 1.88 bits per heavy atom. The molecule has 1 saturated carbocycles. The van der Waals surface area contributed by atoms with Crippen LogP contribution in [0.25, 0.3) is 0 Å². The molecule has 0 amide bonds. The van der Waals surface area contributed by atoms with Gasteiger partial charge in [-0.2, -0.15) is 0 Å². The molecule has 1 unspecified atom stereocenters. The van der Waals surface area contributed by atoms with E-state index in [0.29, 0.717) is 6.42 Å². The molecule has 92 valence electrons. The number of aliphatic carboxylic acids is 1. The zero-order valence-corrected chi connectivity index (χ0v) is 9.74. The third kappa shape index (κ3) is 3.30. The fourth-order valence-corrected chi connectivity index (χ4v) is 2.59. The van der Waals surface area contributed by atoms with Crippen molar-refractivity contribution in [1.29, 1.82) is 0 Å². The van der Waals surface area contributed by atoms with Crippen molar-refractivity contribution in [1.82, 2.24) is 0 Å². The van der Waals surface area contributed by atoms with E-state index < -0.39 is 18.0 Å². The van der Waals surface area contributed by atoms with E-state index in [-0.39, 0.29) is 18.1 Å². The molecule has 1 aliphatic carbocycles. The Morgan fingerprint density at radius 1 is 1.31 bits per heavy atom. The predicted octanol–water partition coefficient (Wildman–Crippen LogP) is 1.75. The SMILES string of the molecule is CCC(O)(CC(=O)CC(=O)O)C1CCCC1. The van der Waals surface area contributed by atoms with Gasteiger partial charge in [0.1, 0.15) is 12.2 Å². The van der Waals surface area contributed by atoms with Crippen molar-refractivity contribution in [3.05, 3.63) is 0 Å². The molecule has 1 rings (SSSR count). The number of hydrogen-bond donors (Lipinski definition) is 2. The van der Waals surface area contributed by atoms with E-state index in [4.69, 9.17) is 5.11 Å². The minimum absolute atomic E-state index is 0.0134. The topological polar surface area (TPSA) is 74.6 Å². The first-order chi connectivity index (χ1) is 7.48. The minimum atomic E-state index is -1.12. The van der Waals surface area contributed by atoms with E-state index in [2.05, 4.69) is 0 Å². The average Bonchev–Trinajstić information content (AvgIpc) is 2.69. The van der Waals surface area contributed by atoms with Crippen LogP contribution in [0.3, 0.4) is 0 Å². The predicted molar refractivity (Wildman–Crippen MR) is 59.1 cm³/mol. The summed E-state index contributed by atoms with van der Waals surface area (Å²) in [7, 11) is 0. The number of Topliss-reactive ketones (excluding diaryl/α,β-unsaturated/α-hetero) is 1. The summed E-state index contributed by atoms with van der Waals surface area (Å²) < 4.78 is 0. The lowest BCUT2D eigenvalue weighted by Gasteiger charge is -2.32. The maximum absolute atomic E-state index is 11.4. The van der Waals surface area contributed by atoms with Gasteiger partial charge in [-0.3, -0.25) is 9.59 Å². The van der Waals surface area contributed by atoms with Gasteiger partial charge in [0.15, 0.2) is 0 Å². The Kier molecular flexibility index (Phi) is 4.47. The first-order valence-corrected chi connectivity index (χ1v) is 5.94. The lowest BCUT2D eigenvalue weighted by molar-refractivity contribution is -0.142. The highest BCUT2D eigenvalue weighted by Crippen LogP contribution is 2.38. The third-order valence-electron chi connectivity index (χ3n) is 3.58. The van der Waals surface area contributed by atoms with E-state index >= 15 is 0 Å². The molecule has 0 aromatic carbocycles. The highest BCUT2D eigenvalue weighted by Gasteiger charge is 2.38. The highest BCUT2D eigenvalue weighted by molar-refractivity contribution is 5.95. The molecule has 1 aliphatic rings. The van der Waals surface area contributed by atoms with Crippen LogP contribution in [0.15, 0.2) is 0 Å². The Labute approximate surface area is 95.7 Å². The third-order valence-corrected chi connectivity index (χ3v) is 3.58. The molecule has 0 aromatic heterocycles. The molecule has 0 heterocycles. The van der Waals surface area contributed by atoms with Crippen molar-refractivity contribution in [2.45, 2.75) is 57.5 Å². The number of rotatable bonds is 6. The first-order valence-electron chi connectivity index (χ1n) is 5.94. The second kappa shape index (κ2) is 5.43. The number of carboxylic acids is 1. The zero-order chi connectivity index (χ0) is 12.2. The molecule has 4 heteroatoms. The van der Waals surface area contributed by atoms with Crippen LogP contribution in [0.5, 0.6) is 0 Å². The quantitative estimate of drug-likeness (QED) is 0.679. The number of carboxylic acid groups (broad SMARTS) is 1. The molecule has 16 heavy (non-hydrogen) atoms. The Bertz CT molecular complexity index is 268. The molecule has 1 atom stereocenters. The molecule has 0 bridgehead atoms. The van der Waals surface area contributed by atoms with Crippen molar-refractivity contribution >= 4 is 11.8 Å². The number of carbonyl (C=O) groups excluding carboxylic acids is 1. The van der Waals surface area contributed by atoms with Crippen molar-refractivity contribution in [2.24, 2.45) is 5.92 Å². The monoisotopic (exact) mass is 228 g/mol. The van der Waals surface area contributed by atoms with Crippen LogP contribution in [-0.2, 0) is 9.59 Å². The summed E-state index contributed by atoms with van der Waals surface area (Å²) in [5.41, 5.74) is -0.983. The summed E-state index contributed by atoms with van der Waals surface area (Å²) in [5, 5.41) is 18.9. The van der Waals surface area contributed by atoms with E-state index in [1.807, 2.05) is 6.92 Å². The lowest BCUT2D eigenvalue weighted by atomic mass is 9.79. The summed E-state index contributed by atoms with van der Waals surface area (Å²) >= 11 is 0. The number of hydrogen-bond acceptors (Lipinski definition) is 3. The minimum Gasteiger partial charge on any atom is -0.481 e. The largest absolute Gasteiger partial charge is 0.481 e. The Balaban J connectivity index is 2.58. The molecule has 0 radical (unpaired) electrons. The van der Waals surface area contributed by atoms with Gasteiger partial charge in [-0.15, -0.1) is 0 Å². The van der Waals surface area contributed by atoms with Gasteiger partial charge < -0.3 is 10.2 Å². The Morgan fingerprint density at radius 3 is 2.31 bits per heavy atom. The van der Waals surface area contributed by atoms with Gasteiger partial charge >= 0.3 is 5.97 Å². The number of carbonyl (C=O) groups is 2. The van der Waals surface area contributed by atoms with Gasteiger partial charge in [0, 0.05) is 6.42 Å². The number of aliphatic hydroxyl groups is 1. The van der Waals surface area contributed by atoms with E-state index in [1.54, 1.807) is 0 Å². The van der Waals surface area contributed by atoms with Crippen molar-refractivity contribution in [3.8, 4) is 0 Å². The summed E-state index contributed by atoms with van der Waals surface area (Å²) in [6.45, 7) is 1.85. The standard InChI is InChI=1S/C12H20O4/c1-2-12(16,9-5-3-4-6-9)8-10(13)7-11(14)15/h9,16H,2-8H2,1H3,(H,14,15). The second-order valence-corrected chi connectivity index (χ2v) is 4.72. The van der Waals surface area contributed by atoms with Gasteiger partial charge in [0.2, 0.25) is 0 Å². The van der Waals surface area contributed by atoms with Crippen LogP contribution in [0.2, 0.25) is 0 Å². The molecule has 4 nitrogen and oxygen atoms in total. The Hall–Kier alpha value is -0.900. The van der Waals surface area contributed by atoms with Crippen LogP contribution >= 0.6 is 0 Å². The molecule has 0 spiro atoms. The van der Waals surface area contributed by atoms with Gasteiger partial charge in [-0.05, 0) is 25.2 Å². The summed E-state index contributed by atoms with van der Waals surface area (Å²) in [6.07, 6.45) is 4.12. The lowest BCUT2D eigenvalue weighted by Crippen LogP contribution is -2.38. The van der Waals surface area contributed by atoms with Gasteiger partial charge in [0.25, 0.3) is 0 Å². The van der Waals surface area contributed by atoms with E-state index in [0.717, 1.165) is 25.7 Å². The average molecular weight is 228 g/mol. The maximum atomic E-state index is 11.4. The molecule has 2 N–H and O–H groups in total. The molecular formula is C12H20O4. The van der Waals surface area contributed by atoms with E-state index in [9.17, 15) is 14.7 Å².